The summed E-state index contributed by atoms with van der Waals surface area (Å²) in [6.45, 7) is 6.83. The van der Waals surface area contributed by atoms with Crippen molar-refractivity contribution in [1.82, 2.24) is 0 Å². The number of amides is 1. The highest BCUT2D eigenvalue weighted by molar-refractivity contribution is 5.96. The number of carbonyl (C=O) groups is 2. The van der Waals surface area contributed by atoms with Crippen LogP contribution in [0.1, 0.15) is 24.2 Å². The van der Waals surface area contributed by atoms with E-state index in [-0.39, 0.29) is 5.91 Å². The average Bonchev–Trinajstić information content (AvgIpc) is 2.29. The molecule has 0 radical (unpaired) electrons. The van der Waals surface area contributed by atoms with Crippen LogP contribution in [-0.2, 0) is 9.53 Å². The maximum atomic E-state index is 11.5. The van der Waals surface area contributed by atoms with E-state index in [2.05, 4.69) is 17.0 Å². The Balaban J connectivity index is 3.03. The molecule has 5 heteroatoms. The lowest BCUT2D eigenvalue weighted by Crippen LogP contribution is -2.08. The van der Waals surface area contributed by atoms with E-state index in [0.29, 0.717) is 23.5 Å². The van der Waals surface area contributed by atoms with Gasteiger partial charge in [-0.25, -0.2) is 4.79 Å². The number of nitrogens with one attached hydrogen (secondary N) is 1. The minimum Gasteiger partial charge on any atom is -0.462 e. The predicted octanol–water partition coefficient (Wildman–Crippen LogP) is 2.15. The largest absolute Gasteiger partial charge is 0.462 e. The third-order valence-electron chi connectivity index (χ3n) is 1.99. The minimum atomic E-state index is -0.424. The van der Waals surface area contributed by atoms with E-state index < -0.39 is 5.97 Å². The van der Waals surface area contributed by atoms with Gasteiger partial charge in [0.2, 0.25) is 5.91 Å². The Morgan fingerprint density at radius 3 is 2.71 bits per heavy atom. The molecule has 0 unspecified atom stereocenters. The van der Waals surface area contributed by atoms with E-state index in [0.717, 1.165) is 0 Å². The molecule has 17 heavy (non-hydrogen) atoms. The average molecular weight is 234 g/mol. The molecule has 0 spiro atoms. The van der Waals surface area contributed by atoms with E-state index in [1.165, 1.54) is 13.0 Å². The number of ether oxygens (including phenoxy) is 1. The van der Waals surface area contributed by atoms with Crippen LogP contribution in [0.4, 0.5) is 11.4 Å². The third-order valence-corrected chi connectivity index (χ3v) is 1.99. The molecule has 90 valence electrons. The Hall–Kier alpha value is -2.17. The van der Waals surface area contributed by atoms with E-state index in [1.54, 1.807) is 19.1 Å². The Morgan fingerprint density at radius 1 is 1.47 bits per heavy atom. The number of rotatable bonds is 4. The lowest BCUT2D eigenvalue weighted by Gasteiger charge is -2.08. The van der Waals surface area contributed by atoms with Crippen molar-refractivity contribution in [1.29, 1.82) is 0 Å². The molecule has 0 bridgehead atoms. The van der Waals surface area contributed by atoms with Crippen LogP contribution in [0.3, 0.4) is 0 Å². The molecule has 0 aliphatic carbocycles. The molecular weight excluding hydrogens is 220 g/mol. The zero-order chi connectivity index (χ0) is 12.8. The summed E-state index contributed by atoms with van der Waals surface area (Å²) in [5, 5.41) is 2.60. The van der Waals surface area contributed by atoms with Gasteiger partial charge in [0, 0.05) is 6.92 Å². The first-order valence-electron chi connectivity index (χ1n) is 5.14. The van der Waals surface area contributed by atoms with Gasteiger partial charge in [0.1, 0.15) is 0 Å². The normalized spacial score (nSPS) is 9.53. The van der Waals surface area contributed by atoms with Gasteiger partial charge in [-0.2, -0.15) is 0 Å². The van der Waals surface area contributed by atoms with Gasteiger partial charge >= 0.3 is 5.97 Å². The van der Waals surface area contributed by atoms with Crippen LogP contribution >= 0.6 is 0 Å². The van der Waals surface area contributed by atoms with Crippen LogP contribution in [0.2, 0.25) is 0 Å². The Labute approximate surface area is 99.5 Å². The molecule has 0 aromatic heterocycles. The standard InChI is InChI=1S/C12H14N2O3/c1-4-17-12(16)9-5-6-10(14-8(2)15)11(7-9)13-3/h5-7H,3-4H2,1-2H3,(H,14,15). The molecule has 1 aromatic rings. The van der Waals surface area contributed by atoms with Crippen LogP contribution in [-0.4, -0.2) is 25.2 Å². The molecule has 1 amide bonds. The zero-order valence-electron chi connectivity index (χ0n) is 9.82. The molecule has 0 aliphatic rings. The van der Waals surface area contributed by atoms with Gasteiger partial charge in [0.15, 0.2) is 0 Å². The fourth-order valence-corrected chi connectivity index (χ4v) is 1.30. The SMILES string of the molecule is C=Nc1cc(C(=O)OCC)ccc1NC(C)=O. The van der Waals surface area contributed by atoms with Crippen LogP contribution in [0.5, 0.6) is 0 Å². The summed E-state index contributed by atoms with van der Waals surface area (Å²) in [5.41, 5.74) is 1.33. The fraction of sp³-hybridized carbons (Fsp3) is 0.250. The smallest absolute Gasteiger partial charge is 0.338 e. The highest BCUT2D eigenvalue weighted by Gasteiger charge is 2.10. The molecule has 1 N–H and O–H groups in total. The third kappa shape index (κ3) is 3.41. The molecule has 5 nitrogen and oxygen atoms in total. The summed E-state index contributed by atoms with van der Waals surface area (Å²) in [6, 6.07) is 4.69. The zero-order valence-corrected chi connectivity index (χ0v) is 9.82. The topological polar surface area (TPSA) is 67.8 Å². The fourth-order valence-electron chi connectivity index (χ4n) is 1.30. The van der Waals surface area contributed by atoms with Gasteiger partial charge in [-0.1, -0.05) is 0 Å². The summed E-state index contributed by atoms with van der Waals surface area (Å²) in [7, 11) is 0. The van der Waals surface area contributed by atoms with E-state index in [9.17, 15) is 9.59 Å². The summed E-state index contributed by atoms with van der Waals surface area (Å²) >= 11 is 0. The molecule has 0 fully saturated rings. The van der Waals surface area contributed by atoms with Gasteiger partial charge in [-0.3, -0.25) is 9.79 Å². The van der Waals surface area contributed by atoms with Crippen LogP contribution < -0.4 is 5.32 Å². The first-order valence-corrected chi connectivity index (χ1v) is 5.14. The number of carbonyl (C=O) groups excluding carboxylic acids is 2. The quantitative estimate of drug-likeness (QED) is 0.641. The van der Waals surface area contributed by atoms with Crippen molar-refractivity contribution in [2.45, 2.75) is 13.8 Å². The Morgan fingerprint density at radius 2 is 2.18 bits per heavy atom. The number of nitrogens with zero attached hydrogens (tertiary/aromatic N) is 1. The van der Waals surface area contributed by atoms with Crippen LogP contribution in [0, 0.1) is 0 Å². The van der Waals surface area contributed by atoms with Crippen molar-refractivity contribution in [3.05, 3.63) is 23.8 Å². The van der Waals surface area contributed by atoms with Crippen molar-refractivity contribution >= 4 is 30.0 Å². The summed E-state index contributed by atoms with van der Waals surface area (Å²) in [6.07, 6.45) is 0. The first-order chi connectivity index (χ1) is 8.08. The number of esters is 1. The van der Waals surface area contributed by atoms with Gasteiger partial charge in [0.05, 0.1) is 23.5 Å². The number of aliphatic imine (C=N–C) groups is 1. The summed E-state index contributed by atoms with van der Waals surface area (Å²) < 4.78 is 4.86. The minimum absolute atomic E-state index is 0.209. The second kappa shape index (κ2) is 5.79. The lowest BCUT2D eigenvalue weighted by atomic mass is 10.1. The predicted molar refractivity (Wildman–Crippen MR) is 65.9 cm³/mol. The second-order valence-corrected chi connectivity index (χ2v) is 3.29. The van der Waals surface area contributed by atoms with Crippen LogP contribution in [0.25, 0.3) is 0 Å². The highest BCUT2D eigenvalue weighted by atomic mass is 16.5. The van der Waals surface area contributed by atoms with E-state index in [4.69, 9.17) is 4.74 Å². The molecule has 0 saturated carbocycles. The molecule has 0 saturated heterocycles. The monoisotopic (exact) mass is 234 g/mol. The Bertz CT molecular complexity index is 455. The highest BCUT2D eigenvalue weighted by Crippen LogP contribution is 2.26. The Kier molecular flexibility index (Phi) is 4.39. The van der Waals surface area contributed by atoms with Gasteiger partial charge < -0.3 is 10.1 Å². The lowest BCUT2D eigenvalue weighted by molar-refractivity contribution is -0.114. The molecule has 0 atom stereocenters. The molecule has 1 rings (SSSR count). The summed E-state index contributed by atoms with van der Waals surface area (Å²) in [5.74, 6) is -0.634. The molecular formula is C12H14N2O3. The van der Waals surface area contributed by atoms with Gasteiger partial charge in [-0.15, -0.1) is 0 Å². The van der Waals surface area contributed by atoms with Crippen LogP contribution in [0.15, 0.2) is 23.2 Å². The number of hydrogen-bond acceptors (Lipinski definition) is 4. The van der Waals surface area contributed by atoms with Crippen molar-refractivity contribution in [3.8, 4) is 0 Å². The van der Waals surface area contributed by atoms with Crippen molar-refractivity contribution < 1.29 is 14.3 Å². The summed E-state index contributed by atoms with van der Waals surface area (Å²) in [4.78, 5) is 26.2. The van der Waals surface area contributed by atoms with E-state index >= 15 is 0 Å². The van der Waals surface area contributed by atoms with Crippen molar-refractivity contribution in [3.63, 3.8) is 0 Å². The van der Waals surface area contributed by atoms with Gasteiger partial charge in [0.25, 0.3) is 0 Å². The number of benzene rings is 1. The molecule has 1 aromatic carbocycles. The first kappa shape index (κ1) is 12.9. The van der Waals surface area contributed by atoms with E-state index in [1.807, 2.05) is 0 Å². The number of anilines is 1. The second-order valence-electron chi connectivity index (χ2n) is 3.29. The maximum absolute atomic E-state index is 11.5. The maximum Gasteiger partial charge on any atom is 0.338 e. The molecule has 0 heterocycles. The molecule has 0 aliphatic heterocycles. The number of hydrogen-bond donors (Lipinski definition) is 1. The van der Waals surface area contributed by atoms with Gasteiger partial charge in [-0.05, 0) is 31.8 Å². The van der Waals surface area contributed by atoms with Crippen molar-refractivity contribution in [2.75, 3.05) is 11.9 Å². The van der Waals surface area contributed by atoms with Crippen molar-refractivity contribution in [2.24, 2.45) is 4.99 Å².